The Morgan fingerprint density at radius 3 is 2.56 bits per heavy atom. The number of carbonyl (C=O) groups excluding carboxylic acids is 1. The van der Waals surface area contributed by atoms with Gasteiger partial charge in [-0.3, -0.25) is 9.69 Å². The van der Waals surface area contributed by atoms with Crippen molar-refractivity contribution in [1.29, 1.82) is 0 Å². The Morgan fingerprint density at radius 1 is 1.03 bits per heavy atom. The average Bonchev–Trinajstić information content (AvgIpc) is 3.33. The SMILES string of the molecule is O=C(CN1C(c2ccccc2)=CC(c2ccc(Cl)cc2)n2nnnc21)Nc1cc(F)ccc1F. The van der Waals surface area contributed by atoms with E-state index in [4.69, 9.17) is 11.6 Å². The van der Waals surface area contributed by atoms with Gasteiger partial charge >= 0.3 is 0 Å². The maximum absolute atomic E-state index is 14.1. The van der Waals surface area contributed by atoms with Crippen LogP contribution in [0.15, 0.2) is 78.9 Å². The molecule has 2 heterocycles. The number of hydrogen-bond acceptors (Lipinski definition) is 5. The molecule has 1 aliphatic heterocycles. The van der Waals surface area contributed by atoms with E-state index in [1.54, 1.807) is 21.7 Å². The molecule has 0 fully saturated rings. The number of hydrogen-bond donors (Lipinski definition) is 1. The fraction of sp³-hybridized carbons (Fsp3) is 0.0833. The molecule has 4 aromatic rings. The largest absolute Gasteiger partial charge is 0.322 e. The predicted molar refractivity (Wildman–Crippen MR) is 124 cm³/mol. The number of nitrogens with zero attached hydrogens (tertiary/aromatic N) is 5. The van der Waals surface area contributed by atoms with Crippen molar-refractivity contribution in [2.24, 2.45) is 0 Å². The average molecular weight is 479 g/mol. The third-order valence-corrected chi connectivity index (χ3v) is 5.62. The number of nitrogens with one attached hydrogen (secondary N) is 1. The summed E-state index contributed by atoms with van der Waals surface area (Å²) < 4.78 is 29.2. The molecule has 0 saturated carbocycles. The molecule has 3 aromatic carbocycles. The molecule has 5 rings (SSSR count). The summed E-state index contributed by atoms with van der Waals surface area (Å²) in [7, 11) is 0. The van der Waals surface area contributed by atoms with Crippen LogP contribution in [0.1, 0.15) is 17.2 Å². The molecule has 170 valence electrons. The van der Waals surface area contributed by atoms with Crippen molar-refractivity contribution in [3.05, 3.63) is 107 Å². The topological polar surface area (TPSA) is 75.9 Å². The third-order valence-electron chi connectivity index (χ3n) is 5.37. The Labute approximate surface area is 198 Å². The van der Waals surface area contributed by atoms with Crippen LogP contribution in [0.3, 0.4) is 0 Å². The van der Waals surface area contributed by atoms with Crippen molar-refractivity contribution >= 4 is 34.8 Å². The molecule has 0 aliphatic carbocycles. The highest BCUT2D eigenvalue weighted by molar-refractivity contribution is 6.30. The first kappa shape index (κ1) is 21.7. The first-order valence-corrected chi connectivity index (χ1v) is 10.7. The fourth-order valence-electron chi connectivity index (χ4n) is 3.81. The Balaban J connectivity index is 1.53. The number of benzene rings is 3. The minimum Gasteiger partial charge on any atom is -0.322 e. The molecular weight excluding hydrogens is 462 g/mol. The summed E-state index contributed by atoms with van der Waals surface area (Å²) in [5, 5.41) is 15.1. The lowest BCUT2D eigenvalue weighted by Crippen LogP contribution is -2.37. The van der Waals surface area contributed by atoms with Crippen LogP contribution >= 0.6 is 11.6 Å². The minimum absolute atomic E-state index is 0.232. The van der Waals surface area contributed by atoms with Crippen molar-refractivity contribution in [2.45, 2.75) is 6.04 Å². The second-order valence-corrected chi connectivity index (χ2v) is 8.03. The Hall–Kier alpha value is -4.11. The van der Waals surface area contributed by atoms with Crippen LogP contribution in [0.5, 0.6) is 0 Å². The number of rotatable bonds is 5. The Bertz CT molecular complexity index is 1370. The maximum atomic E-state index is 14.1. The van der Waals surface area contributed by atoms with Gasteiger partial charge in [-0.2, -0.15) is 4.68 Å². The van der Waals surface area contributed by atoms with Gasteiger partial charge in [-0.25, -0.2) is 8.78 Å². The van der Waals surface area contributed by atoms with Gasteiger partial charge in [-0.15, -0.1) is 0 Å². The van der Waals surface area contributed by atoms with Gasteiger partial charge in [-0.1, -0.05) is 59.2 Å². The fourth-order valence-corrected chi connectivity index (χ4v) is 3.93. The summed E-state index contributed by atoms with van der Waals surface area (Å²) >= 11 is 6.06. The number of tetrazole rings is 1. The van der Waals surface area contributed by atoms with Crippen molar-refractivity contribution in [2.75, 3.05) is 16.8 Å². The summed E-state index contributed by atoms with van der Waals surface area (Å²) in [4.78, 5) is 14.5. The van der Waals surface area contributed by atoms with Crippen molar-refractivity contribution in [3.63, 3.8) is 0 Å². The lowest BCUT2D eigenvalue weighted by atomic mass is 10.0. The molecule has 1 atom stereocenters. The maximum Gasteiger partial charge on any atom is 0.251 e. The Kier molecular flexibility index (Phi) is 5.77. The smallest absolute Gasteiger partial charge is 0.251 e. The first-order chi connectivity index (χ1) is 16.5. The number of aromatic nitrogens is 4. The van der Waals surface area contributed by atoms with Gasteiger partial charge in [0.2, 0.25) is 5.91 Å². The summed E-state index contributed by atoms with van der Waals surface area (Å²) in [6.45, 7) is -0.232. The van der Waals surface area contributed by atoms with Crippen LogP contribution in [0.25, 0.3) is 5.70 Å². The van der Waals surface area contributed by atoms with Crippen LogP contribution in [0.4, 0.5) is 20.4 Å². The molecule has 7 nitrogen and oxygen atoms in total. The third kappa shape index (κ3) is 4.25. The van der Waals surface area contributed by atoms with E-state index < -0.39 is 17.5 Å². The second kappa shape index (κ2) is 9.03. The molecular formula is C24H17ClF2N6O. The molecule has 0 spiro atoms. The number of halogens is 3. The number of carbonyl (C=O) groups is 1. The highest BCUT2D eigenvalue weighted by atomic mass is 35.5. The van der Waals surface area contributed by atoms with E-state index in [1.807, 2.05) is 48.5 Å². The van der Waals surface area contributed by atoms with Gasteiger partial charge in [0.05, 0.1) is 11.4 Å². The second-order valence-electron chi connectivity index (χ2n) is 7.60. The van der Waals surface area contributed by atoms with Gasteiger partial charge in [0.15, 0.2) is 0 Å². The van der Waals surface area contributed by atoms with Crippen molar-refractivity contribution in [3.8, 4) is 0 Å². The summed E-state index contributed by atoms with van der Waals surface area (Å²) in [5.74, 6) is -1.63. The molecule has 10 heteroatoms. The number of allylic oxidation sites excluding steroid dienone is 1. The van der Waals surface area contributed by atoms with Crippen LogP contribution in [0.2, 0.25) is 5.02 Å². The number of amides is 1. The van der Waals surface area contributed by atoms with E-state index in [2.05, 4.69) is 20.8 Å². The number of anilines is 2. The molecule has 34 heavy (non-hydrogen) atoms. The molecule has 1 aromatic heterocycles. The summed E-state index contributed by atoms with van der Waals surface area (Å²) in [6.07, 6.45) is 1.94. The number of fused-ring (bicyclic) bond motifs is 1. The Morgan fingerprint density at radius 2 is 1.79 bits per heavy atom. The summed E-state index contributed by atoms with van der Waals surface area (Å²) in [6, 6.07) is 19.3. The zero-order valence-corrected chi connectivity index (χ0v) is 18.3. The predicted octanol–water partition coefficient (Wildman–Crippen LogP) is 4.69. The molecule has 1 amide bonds. The molecule has 0 bridgehead atoms. The lowest BCUT2D eigenvalue weighted by molar-refractivity contribution is -0.114. The normalized spacial score (nSPS) is 15.0. The van der Waals surface area contributed by atoms with Gasteiger partial charge in [0.25, 0.3) is 5.95 Å². The van der Waals surface area contributed by atoms with Crippen molar-refractivity contribution < 1.29 is 13.6 Å². The monoisotopic (exact) mass is 478 g/mol. The molecule has 1 N–H and O–H groups in total. The van der Waals surface area contributed by atoms with E-state index in [0.29, 0.717) is 16.7 Å². The first-order valence-electron chi connectivity index (χ1n) is 10.3. The zero-order valence-electron chi connectivity index (χ0n) is 17.6. The quantitative estimate of drug-likeness (QED) is 0.450. The van der Waals surface area contributed by atoms with Crippen LogP contribution in [-0.2, 0) is 4.79 Å². The zero-order chi connectivity index (χ0) is 23.7. The van der Waals surface area contributed by atoms with E-state index >= 15 is 0 Å². The van der Waals surface area contributed by atoms with Gasteiger partial charge < -0.3 is 5.32 Å². The molecule has 0 radical (unpaired) electrons. The molecule has 1 aliphatic rings. The van der Waals surface area contributed by atoms with E-state index in [9.17, 15) is 13.6 Å². The van der Waals surface area contributed by atoms with Gasteiger partial charge in [0, 0.05) is 11.1 Å². The van der Waals surface area contributed by atoms with E-state index in [1.165, 1.54) is 0 Å². The van der Waals surface area contributed by atoms with E-state index in [-0.39, 0.29) is 18.3 Å². The minimum atomic E-state index is -0.736. The van der Waals surface area contributed by atoms with Crippen LogP contribution in [-0.4, -0.2) is 32.7 Å². The molecule has 1 unspecified atom stereocenters. The molecule has 0 saturated heterocycles. The van der Waals surface area contributed by atoms with Crippen molar-refractivity contribution in [1.82, 2.24) is 20.2 Å². The van der Waals surface area contributed by atoms with E-state index in [0.717, 1.165) is 29.3 Å². The standard InChI is InChI=1S/C24H17ClF2N6O/c25-17-8-6-16(7-9-17)22-13-21(15-4-2-1-3-5-15)32(24-29-30-31-33(22)24)14-23(34)28-20-12-18(26)10-11-19(20)27/h1-13,22H,14H2,(H,28,34). The highest BCUT2D eigenvalue weighted by Gasteiger charge is 2.32. The van der Waals surface area contributed by atoms with Crippen LogP contribution < -0.4 is 10.2 Å². The lowest BCUT2D eigenvalue weighted by Gasteiger charge is -2.32. The van der Waals surface area contributed by atoms with Crippen LogP contribution in [0, 0.1) is 11.6 Å². The van der Waals surface area contributed by atoms with Gasteiger partial charge in [-0.05, 0) is 51.9 Å². The highest BCUT2D eigenvalue weighted by Crippen LogP contribution is 2.36. The van der Waals surface area contributed by atoms with Gasteiger partial charge in [0.1, 0.15) is 24.2 Å². The summed E-state index contributed by atoms with van der Waals surface area (Å²) in [5.41, 5.74) is 2.18.